The average molecular weight is 464 g/mol. The van der Waals surface area contributed by atoms with Crippen molar-refractivity contribution in [1.82, 2.24) is 0 Å². The van der Waals surface area contributed by atoms with E-state index in [9.17, 15) is 4.39 Å². The van der Waals surface area contributed by atoms with E-state index >= 15 is 0 Å². The molecule has 1 aliphatic heterocycles. The molecule has 1 saturated heterocycles. The minimum atomic E-state index is -1.92. The van der Waals surface area contributed by atoms with Crippen LogP contribution in [0.3, 0.4) is 0 Å². The Morgan fingerprint density at radius 3 is 2.16 bits per heavy atom. The molecule has 4 nitrogen and oxygen atoms in total. The van der Waals surface area contributed by atoms with Crippen molar-refractivity contribution in [2.75, 3.05) is 6.61 Å². The summed E-state index contributed by atoms with van der Waals surface area (Å²) in [6, 6.07) is 6.48. The summed E-state index contributed by atoms with van der Waals surface area (Å²) in [6.45, 7) is 26.1. The highest BCUT2D eigenvalue weighted by molar-refractivity contribution is 6.74. The van der Waals surface area contributed by atoms with Gasteiger partial charge in [-0.05, 0) is 82.3 Å². The lowest BCUT2D eigenvalue weighted by Gasteiger charge is -2.39. The van der Waals surface area contributed by atoms with E-state index in [0.717, 1.165) is 5.47 Å². The second kappa shape index (κ2) is 8.99. The van der Waals surface area contributed by atoms with Gasteiger partial charge in [0.1, 0.15) is 5.82 Å². The summed E-state index contributed by atoms with van der Waals surface area (Å²) in [4.78, 5) is 0. The number of nitrogens with two attached hydrogens (primary N) is 1. The molecule has 2 N–H and O–H groups in total. The molecule has 32 heavy (non-hydrogen) atoms. The number of halogens is 1. The van der Waals surface area contributed by atoms with Crippen LogP contribution in [0.15, 0.2) is 36.3 Å². The molecule has 0 bridgehead atoms. The second-order valence-electron chi connectivity index (χ2n) is 11.9. The zero-order chi connectivity index (χ0) is 24.8. The molecule has 1 aliphatic rings. The molecule has 2 atom stereocenters. The Kier molecular flexibility index (Phi) is 7.66. The third-order valence-electron chi connectivity index (χ3n) is 7.85. The van der Waals surface area contributed by atoms with Gasteiger partial charge in [0, 0.05) is 18.1 Å². The van der Waals surface area contributed by atoms with Crippen LogP contribution >= 0.6 is 0 Å². The van der Waals surface area contributed by atoms with E-state index in [2.05, 4.69) is 40.4 Å². The number of rotatable bonds is 8. The lowest BCUT2D eigenvalue weighted by Crippen LogP contribution is -2.47. The standard InChI is InChI=1S/C25H43BFNO3Si/c1-18(26-30-23(5,6)24(7,8)31-26)21(15-16-29-32(10,11)22(2,3)4)25(9,28)19-13-12-14-20(27)17-19/h12-14,17,21H,1,15-16,28H2,2-11H3/t21-,25-/m0/s1. The van der Waals surface area contributed by atoms with Gasteiger partial charge in [0.25, 0.3) is 0 Å². The van der Waals surface area contributed by atoms with Gasteiger partial charge in [-0.3, -0.25) is 0 Å². The maximum Gasteiger partial charge on any atom is 0.490 e. The minimum Gasteiger partial charge on any atom is -0.417 e. The number of benzene rings is 1. The van der Waals surface area contributed by atoms with Crippen LogP contribution in [0.4, 0.5) is 4.39 Å². The minimum absolute atomic E-state index is 0.111. The van der Waals surface area contributed by atoms with E-state index in [1.54, 1.807) is 6.07 Å². The Morgan fingerprint density at radius 1 is 1.16 bits per heavy atom. The van der Waals surface area contributed by atoms with Crippen LogP contribution in [-0.4, -0.2) is 33.2 Å². The monoisotopic (exact) mass is 463 g/mol. The van der Waals surface area contributed by atoms with Gasteiger partial charge in [0.05, 0.1) is 11.2 Å². The van der Waals surface area contributed by atoms with Gasteiger partial charge in [-0.25, -0.2) is 4.39 Å². The molecule has 2 rings (SSSR count). The summed E-state index contributed by atoms with van der Waals surface area (Å²) < 4.78 is 33.1. The van der Waals surface area contributed by atoms with E-state index in [1.807, 2.05) is 40.7 Å². The van der Waals surface area contributed by atoms with Crippen molar-refractivity contribution in [3.05, 3.63) is 47.7 Å². The Balaban J connectivity index is 2.34. The molecule has 0 spiro atoms. The summed E-state index contributed by atoms with van der Waals surface area (Å²) in [6.07, 6.45) is 0.638. The summed E-state index contributed by atoms with van der Waals surface area (Å²) in [5.74, 6) is -0.541. The zero-order valence-corrected chi connectivity index (χ0v) is 22.8. The highest BCUT2D eigenvalue weighted by Gasteiger charge is 2.54. The van der Waals surface area contributed by atoms with Crippen LogP contribution in [0.5, 0.6) is 0 Å². The van der Waals surface area contributed by atoms with Crippen molar-refractivity contribution < 1.29 is 18.1 Å². The first-order valence-corrected chi connectivity index (χ1v) is 14.5. The lowest BCUT2D eigenvalue weighted by atomic mass is 9.63. The molecular formula is C25H43BFNO3Si. The third kappa shape index (κ3) is 5.56. The maximum atomic E-state index is 14.1. The highest BCUT2D eigenvalue weighted by Crippen LogP contribution is 2.43. The fourth-order valence-corrected chi connectivity index (χ4v) is 4.76. The average Bonchev–Trinajstić information content (AvgIpc) is 2.84. The fourth-order valence-electron chi connectivity index (χ4n) is 3.70. The van der Waals surface area contributed by atoms with Crippen molar-refractivity contribution in [2.24, 2.45) is 11.7 Å². The first-order chi connectivity index (χ1) is 14.3. The molecule has 7 heteroatoms. The van der Waals surface area contributed by atoms with Gasteiger partial charge >= 0.3 is 7.12 Å². The van der Waals surface area contributed by atoms with Gasteiger partial charge in [-0.1, -0.05) is 32.9 Å². The molecule has 0 aliphatic carbocycles. The normalized spacial score (nSPS) is 21.3. The summed E-state index contributed by atoms with van der Waals surface area (Å²) in [7, 11) is -2.51. The summed E-state index contributed by atoms with van der Waals surface area (Å²) in [5, 5.41) is 0.111. The van der Waals surface area contributed by atoms with E-state index in [-0.39, 0.29) is 16.8 Å². The lowest BCUT2D eigenvalue weighted by molar-refractivity contribution is 0.00578. The van der Waals surface area contributed by atoms with E-state index in [0.29, 0.717) is 18.6 Å². The predicted molar refractivity (Wildman–Crippen MR) is 134 cm³/mol. The molecule has 0 unspecified atom stereocenters. The molecule has 180 valence electrons. The Bertz CT molecular complexity index is 817. The van der Waals surface area contributed by atoms with Crippen molar-refractivity contribution in [2.45, 2.75) is 96.7 Å². The second-order valence-corrected chi connectivity index (χ2v) is 16.7. The van der Waals surface area contributed by atoms with Crippen molar-refractivity contribution in [3.63, 3.8) is 0 Å². The molecule has 1 aromatic carbocycles. The molecule has 1 fully saturated rings. The molecule has 0 radical (unpaired) electrons. The van der Waals surface area contributed by atoms with E-state index in [1.165, 1.54) is 12.1 Å². The molecule has 0 amide bonds. The molecule has 1 aromatic rings. The van der Waals surface area contributed by atoms with Crippen LogP contribution < -0.4 is 5.73 Å². The van der Waals surface area contributed by atoms with Gasteiger partial charge in [0.2, 0.25) is 0 Å². The number of hydrogen-bond donors (Lipinski definition) is 1. The Hall–Kier alpha value is -0.988. The van der Waals surface area contributed by atoms with Crippen molar-refractivity contribution >= 4 is 15.4 Å². The van der Waals surface area contributed by atoms with Crippen molar-refractivity contribution in [3.8, 4) is 0 Å². The maximum absolute atomic E-state index is 14.1. The number of hydrogen-bond acceptors (Lipinski definition) is 4. The third-order valence-corrected chi connectivity index (χ3v) is 12.4. The van der Waals surface area contributed by atoms with Gasteiger partial charge < -0.3 is 19.5 Å². The zero-order valence-electron chi connectivity index (χ0n) is 21.8. The first kappa shape index (κ1) is 27.3. The molecule has 0 saturated carbocycles. The Labute approximate surface area is 196 Å². The largest absolute Gasteiger partial charge is 0.490 e. The van der Waals surface area contributed by atoms with Crippen molar-refractivity contribution in [1.29, 1.82) is 0 Å². The summed E-state index contributed by atoms with van der Waals surface area (Å²) in [5.41, 5.74) is 6.55. The van der Waals surface area contributed by atoms with Crippen LogP contribution in [0.25, 0.3) is 0 Å². The molecular weight excluding hydrogens is 420 g/mol. The van der Waals surface area contributed by atoms with Gasteiger partial charge in [-0.2, -0.15) is 0 Å². The predicted octanol–water partition coefficient (Wildman–Crippen LogP) is 6.22. The molecule has 0 aromatic heterocycles. The van der Waals surface area contributed by atoms with Crippen LogP contribution in [0, 0.1) is 11.7 Å². The first-order valence-electron chi connectivity index (χ1n) is 11.5. The van der Waals surface area contributed by atoms with Crippen LogP contribution in [-0.2, 0) is 19.3 Å². The quantitative estimate of drug-likeness (QED) is 0.466. The topological polar surface area (TPSA) is 53.7 Å². The Morgan fingerprint density at radius 2 is 1.69 bits per heavy atom. The smallest absolute Gasteiger partial charge is 0.417 e. The fraction of sp³-hybridized carbons (Fsp3) is 0.680. The van der Waals surface area contributed by atoms with E-state index in [4.69, 9.17) is 19.5 Å². The van der Waals surface area contributed by atoms with Crippen LogP contribution in [0.1, 0.15) is 67.4 Å². The van der Waals surface area contributed by atoms with Gasteiger partial charge in [0.15, 0.2) is 8.32 Å². The summed E-state index contributed by atoms with van der Waals surface area (Å²) >= 11 is 0. The SMILES string of the molecule is C=C(B1OC(C)(C)C(C)(C)O1)[C@H](CCO[Si](C)(C)C(C)(C)C)[C@@](C)(N)c1cccc(F)c1. The van der Waals surface area contributed by atoms with Gasteiger partial charge in [-0.15, -0.1) is 6.58 Å². The highest BCUT2D eigenvalue weighted by atomic mass is 28.4. The van der Waals surface area contributed by atoms with Crippen LogP contribution in [0.2, 0.25) is 18.1 Å². The van der Waals surface area contributed by atoms with E-state index < -0.39 is 32.2 Å². The molecule has 1 heterocycles.